The van der Waals surface area contributed by atoms with Crippen LogP contribution in [0.1, 0.15) is 25.0 Å². The lowest BCUT2D eigenvalue weighted by molar-refractivity contribution is 0.827. The van der Waals surface area contributed by atoms with Crippen molar-refractivity contribution in [2.24, 2.45) is 5.92 Å². The summed E-state index contributed by atoms with van der Waals surface area (Å²) in [5, 5.41) is 0. The van der Waals surface area contributed by atoms with Crippen LogP contribution in [0.25, 0.3) is 5.57 Å². The van der Waals surface area contributed by atoms with Crippen LogP contribution in [0, 0.1) is 5.92 Å². The summed E-state index contributed by atoms with van der Waals surface area (Å²) in [6.07, 6.45) is 7.29. The Labute approximate surface area is 73.1 Å². The second kappa shape index (κ2) is 2.74. The van der Waals surface area contributed by atoms with Gasteiger partial charge >= 0.3 is 0 Å². The molecular weight excluding hydrogens is 146 g/mol. The molecule has 0 spiro atoms. The van der Waals surface area contributed by atoms with E-state index in [2.05, 4.69) is 31.0 Å². The van der Waals surface area contributed by atoms with E-state index in [0.717, 1.165) is 6.42 Å². The van der Waals surface area contributed by atoms with E-state index in [1.165, 1.54) is 16.7 Å². The molecule has 0 aromatic carbocycles. The molecule has 0 unspecified atom stereocenters. The minimum atomic E-state index is 0.647. The molecule has 1 nitrogen and oxygen atoms in total. The first-order valence-corrected chi connectivity index (χ1v) is 4.41. The molecule has 0 amide bonds. The lowest BCUT2D eigenvalue weighted by Crippen LogP contribution is -2.08. The Bertz CT molecular complexity index is 324. The van der Waals surface area contributed by atoms with E-state index in [-0.39, 0.29) is 0 Å². The number of allylic oxidation sites excluding steroid dienone is 2. The molecule has 0 saturated heterocycles. The van der Waals surface area contributed by atoms with Crippen LogP contribution in [0.15, 0.2) is 24.5 Å². The minimum Gasteiger partial charge on any atom is -0.264 e. The van der Waals surface area contributed by atoms with Crippen LogP contribution in [0.3, 0.4) is 0 Å². The van der Waals surface area contributed by atoms with Crippen molar-refractivity contribution >= 4 is 5.57 Å². The molecule has 2 rings (SSSR count). The summed E-state index contributed by atoms with van der Waals surface area (Å²) in [6, 6.07) is 2.10. The van der Waals surface area contributed by atoms with Gasteiger partial charge in [-0.1, -0.05) is 19.9 Å². The molecule has 0 fully saturated rings. The summed E-state index contributed by atoms with van der Waals surface area (Å²) in [5.41, 5.74) is 4.26. The first-order valence-electron chi connectivity index (χ1n) is 4.41. The predicted octanol–water partition coefficient (Wildman–Crippen LogP) is 2.68. The quantitative estimate of drug-likeness (QED) is 0.614. The molecule has 0 saturated carbocycles. The van der Waals surface area contributed by atoms with Crippen molar-refractivity contribution in [3.05, 3.63) is 35.7 Å². The number of fused-ring (bicyclic) bond motifs is 1. The Morgan fingerprint density at radius 1 is 1.50 bits per heavy atom. The lowest BCUT2D eigenvalue weighted by Gasteiger charge is -2.22. The normalized spacial score (nSPS) is 17.8. The molecule has 0 atom stereocenters. The molecule has 0 aliphatic heterocycles. The fourth-order valence-corrected chi connectivity index (χ4v) is 1.61. The second-order valence-corrected chi connectivity index (χ2v) is 3.65. The van der Waals surface area contributed by atoms with Crippen molar-refractivity contribution in [1.29, 1.82) is 0 Å². The molecule has 0 radical (unpaired) electrons. The summed E-state index contributed by atoms with van der Waals surface area (Å²) < 4.78 is 0. The van der Waals surface area contributed by atoms with Crippen LogP contribution in [-0.4, -0.2) is 4.98 Å². The van der Waals surface area contributed by atoms with E-state index < -0.39 is 0 Å². The van der Waals surface area contributed by atoms with Crippen molar-refractivity contribution in [3.8, 4) is 0 Å². The van der Waals surface area contributed by atoms with Gasteiger partial charge in [-0.3, -0.25) is 4.98 Å². The van der Waals surface area contributed by atoms with Gasteiger partial charge in [-0.2, -0.15) is 0 Å². The highest BCUT2D eigenvalue weighted by Gasteiger charge is 2.18. The molecule has 1 aromatic heterocycles. The van der Waals surface area contributed by atoms with Gasteiger partial charge in [0.2, 0.25) is 0 Å². The van der Waals surface area contributed by atoms with Crippen LogP contribution in [0.4, 0.5) is 0 Å². The molecule has 1 aromatic rings. The standard InChI is InChI=1S/C11H13N/c1-8(2)5-10-6-9-3-4-12-7-11(9)10/h3-5,7-8H,6H2,1-2H3/b10-5+. The molecule has 12 heavy (non-hydrogen) atoms. The summed E-state index contributed by atoms with van der Waals surface area (Å²) >= 11 is 0. The van der Waals surface area contributed by atoms with Crippen LogP contribution >= 0.6 is 0 Å². The number of nitrogens with zero attached hydrogens (tertiary/aromatic N) is 1. The Morgan fingerprint density at radius 3 is 3.00 bits per heavy atom. The highest BCUT2D eigenvalue weighted by atomic mass is 14.6. The number of pyridine rings is 1. The Kier molecular flexibility index (Phi) is 1.72. The van der Waals surface area contributed by atoms with Gasteiger partial charge in [-0.15, -0.1) is 0 Å². The van der Waals surface area contributed by atoms with Gasteiger partial charge in [-0.05, 0) is 35.1 Å². The van der Waals surface area contributed by atoms with Gasteiger partial charge in [0, 0.05) is 12.4 Å². The molecule has 62 valence electrons. The summed E-state index contributed by atoms with van der Waals surface area (Å²) in [4.78, 5) is 4.11. The molecule has 0 bridgehead atoms. The average molecular weight is 159 g/mol. The maximum absolute atomic E-state index is 4.11. The molecule has 1 aliphatic rings. The van der Waals surface area contributed by atoms with Crippen molar-refractivity contribution in [2.45, 2.75) is 20.3 Å². The minimum absolute atomic E-state index is 0.647. The molecule has 1 heteroatoms. The first kappa shape index (κ1) is 7.53. The average Bonchev–Trinajstić information content (AvgIpc) is 2.00. The van der Waals surface area contributed by atoms with Gasteiger partial charge in [0.05, 0.1) is 0 Å². The smallest absolute Gasteiger partial charge is 0.0345 e. The third-order valence-corrected chi connectivity index (χ3v) is 2.17. The van der Waals surface area contributed by atoms with Crippen molar-refractivity contribution in [1.82, 2.24) is 4.98 Å². The van der Waals surface area contributed by atoms with Crippen molar-refractivity contribution in [2.75, 3.05) is 0 Å². The van der Waals surface area contributed by atoms with E-state index >= 15 is 0 Å². The van der Waals surface area contributed by atoms with Crippen LogP contribution in [0.2, 0.25) is 0 Å². The maximum atomic E-state index is 4.11. The summed E-state index contributed by atoms with van der Waals surface area (Å²) in [7, 11) is 0. The predicted molar refractivity (Wildman–Crippen MR) is 50.8 cm³/mol. The van der Waals surface area contributed by atoms with E-state index in [1.54, 1.807) is 0 Å². The van der Waals surface area contributed by atoms with Gasteiger partial charge in [0.25, 0.3) is 0 Å². The Hall–Kier alpha value is -1.11. The lowest BCUT2D eigenvalue weighted by atomic mass is 9.83. The zero-order valence-electron chi connectivity index (χ0n) is 7.54. The highest BCUT2D eigenvalue weighted by Crippen LogP contribution is 2.33. The van der Waals surface area contributed by atoms with E-state index in [0.29, 0.717) is 5.92 Å². The zero-order chi connectivity index (χ0) is 8.55. The number of hydrogen-bond acceptors (Lipinski definition) is 1. The Morgan fingerprint density at radius 2 is 2.33 bits per heavy atom. The number of hydrogen-bond donors (Lipinski definition) is 0. The van der Waals surface area contributed by atoms with Crippen LogP contribution in [0.5, 0.6) is 0 Å². The van der Waals surface area contributed by atoms with Gasteiger partial charge in [0.1, 0.15) is 0 Å². The summed E-state index contributed by atoms with van der Waals surface area (Å²) in [5.74, 6) is 0.647. The van der Waals surface area contributed by atoms with Gasteiger partial charge in [-0.25, -0.2) is 0 Å². The molecule has 0 N–H and O–H groups in total. The van der Waals surface area contributed by atoms with Crippen LogP contribution in [-0.2, 0) is 6.42 Å². The number of aromatic nitrogens is 1. The van der Waals surface area contributed by atoms with E-state index in [9.17, 15) is 0 Å². The van der Waals surface area contributed by atoms with E-state index in [4.69, 9.17) is 0 Å². The largest absolute Gasteiger partial charge is 0.264 e. The highest BCUT2D eigenvalue weighted by molar-refractivity contribution is 5.78. The van der Waals surface area contributed by atoms with Crippen LogP contribution < -0.4 is 0 Å². The SMILES string of the molecule is CC(C)/C=C1\Cc2ccncc21. The molecular formula is C11H13N. The zero-order valence-corrected chi connectivity index (χ0v) is 7.54. The fraction of sp³-hybridized carbons (Fsp3) is 0.364. The maximum Gasteiger partial charge on any atom is 0.0345 e. The third-order valence-electron chi connectivity index (χ3n) is 2.17. The number of rotatable bonds is 1. The fourth-order valence-electron chi connectivity index (χ4n) is 1.61. The third kappa shape index (κ3) is 1.15. The second-order valence-electron chi connectivity index (χ2n) is 3.65. The molecule has 1 heterocycles. The van der Waals surface area contributed by atoms with Gasteiger partial charge < -0.3 is 0 Å². The Balaban J connectivity index is 2.31. The van der Waals surface area contributed by atoms with Gasteiger partial charge in [0.15, 0.2) is 0 Å². The van der Waals surface area contributed by atoms with Crippen molar-refractivity contribution in [3.63, 3.8) is 0 Å². The van der Waals surface area contributed by atoms with E-state index in [1.807, 2.05) is 12.4 Å². The molecule has 1 aliphatic carbocycles. The van der Waals surface area contributed by atoms with Crippen molar-refractivity contribution < 1.29 is 0 Å². The monoisotopic (exact) mass is 159 g/mol. The summed E-state index contributed by atoms with van der Waals surface area (Å²) in [6.45, 7) is 4.42. The topological polar surface area (TPSA) is 12.9 Å². The first-order chi connectivity index (χ1) is 5.77.